The number of carbonyl (C=O) groups is 1. The number of nitrogens with one attached hydrogen (secondary N) is 1. The minimum Gasteiger partial charge on any atom is -0.351 e. The molecule has 4 fully saturated rings. The van der Waals surface area contributed by atoms with Gasteiger partial charge in [0.15, 0.2) is 0 Å². The number of nitrogens with zero attached hydrogens (tertiary/aromatic N) is 1. The van der Waals surface area contributed by atoms with Crippen molar-refractivity contribution >= 4 is 16.8 Å². The maximum atomic E-state index is 12.9. The Bertz CT molecular complexity index is 867. The van der Waals surface area contributed by atoms with Gasteiger partial charge in [0.1, 0.15) is 5.69 Å². The van der Waals surface area contributed by atoms with Gasteiger partial charge in [0, 0.05) is 11.9 Å². The highest BCUT2D eigenvalue weighted by Gasteiger charge is 2.52. The van der Waals surface area contributed by atoms with E-state index in [1.54, 1.807) is 0 Å². The van der Waals surface area contributed by atoms with Crippen LogP contribution in [0.5, 0.6) is 0 Å². The van der Waals surface area contributed by atoms with E-state index in [2.05, 4.69) is 36.5 Å². The van der Waals surface area contributed by atoms with Crippen LogP contribution in [0.3, 0.4) is 0 Å². The summed E-state index contributed by atoms with van der Waals surface area (Å²) in [5, 5.41) is 4.39. The topological polar surface area (TPSA) is 42.0 Å². The Hall–Kier alpha value is -1.90. The summed E-state index contributed by atoms with van der Waals surface area (Å²) in [5.41, 5.74) is 3.29. The van der Waals surface area contributed by atoms with Gasteiger partial charge in [-0.25, -0.2) is 4.98 Å². The van der Waals surface area contributed by atoms with E-state index in [0.717, 1.165) is 36.2 Å². The van der Waals surface area contributed by atoms with E-state index in [1.807, 2.05) is 6.07 Å². The third kappa shape index (κ3) is 3.58. The van der Waals surface area contributed by atoms with Crippen molar-refractivity contribution in [2.45, 2.75) is 76.5 Å². The maximum Gasteiger partial charge on any atom is 0.269 e. The van der Waals surface area contributed by atoms with Gasteiger partial charge in [-0.2, -0.15) is 0 Å². The number of amides is 1. The zero-order valence-electron chi connectivity index (χ0n) is 17.8. The van der Waals surface area contributed by atoms with Crippen molar-refractivity contribution in [2.24, 2.45) is 17.8 Å². The Morgan fingerprint density at radius 3 is 2.41 bits per heavy atom. The van der Waals surface area contributed by atoms with Crippen LogP contribution >= 0.6 is 0 Å². The number of benzene rings is 1. The summed E-state index contributed by atoms with van der Waals surface area (Å²) in [5.74, 6) is 2.68. The monoisotopic (exact) mass is 390 g/mol. The third-order valence-corrected chi connectivity index (χ3v) is 7.87. The van der Waals surface area contributed by atoms with Gasteiger partial charge in [-0.05, 0) is 85.8 Å². The first kappa shape index (κ1) is 19.1. The van der Waals surface area contributed by atoms with Crippen LogP contribution < -0.4 is 5.32 Å². The molecule has 2 aromatic rings. The molecule has 0 spiro atoms. The van der Waals surface area contributed by atoms with E-state index in [4.69, 9.17) is 4.98 Å². The summed E-state index contributed by atoms with van der Waals surface area (Å²) in [6, 6.07) is 10.6. The van der Waals surface area contributed by atoms with Crippen LogP contribution in [0.15, 0.2) is 30.3 Å². The second kappa shape index (κ2) is 7.74. The summed E-state index contributed by atoms with van der Waals surface area (Å²) in [6.45, 7) is 2.96. The lowest BCUT2D eigenvalue weighted by Gasteiger charge is -2.57. The van der Waals surface area contributed by atoms with E-state index < -0.39 is 0 Å². The molecular formula is C26H34N2O. The molecule has 29 heavy (non-hydrogen) atoms. The van der Waals surface area contributed by atoms with Crippen molar-refractivity contribution < 1.29 is 4.79 Å². The standard InChI is InChI=1S/C26H34N2O/c1-2-3-4-7-10-27-25(29)24-14-22(21-8-5-6-9-23(21)28-24)26-15-18-11-19(16-26)13-20(12-18)17-26/h5-6,8-9,14,18-20H,2-4,7,10-13,15-17H2,1H3,(H,27,29). The van der Waals surface area contributed by atoms with Crippen LogP contribution in [0, 0.1) is 17.8 Å². The molecule has 0 aliphatic heterocycles. The van der Waals surface area contributed by atoms with Crippen LogP contribution in [0.2, 0.25) is 0 Å². The van der Waals surface area contributed by atoms with Crippen LogP contribution in [0.4, 0.5) is 0 Å². The van der Waals surface area contributed by atoms with E-state index in [0.29, 0.717) is 5.69 Å². The number of hydrogen-bond acceptors (Lipinski definition) is 2. The Kier molecular flexibility index (Phi) is 5.09. The molecule has 3 nitrogen and oxygen atoms in total. The predicted octanol–water partition coefficient (Wildman–Crippen LogP) is 6.01. The Labute approximate surface area is 174 Å². The average Bonchev–Trinajstić information content (AvgIpc) is 2.71. The van der Waals surface area contributed by atoms with E-state index >= 15 is 0 Å². The van der Waals surface area contributed by atoms with Gasteiger partial charge in [-0.3, -0.25) is 4.79 Å². The lowest BCUT2D eigenvalue weighted by Crippen LogP contribution is -2.48. The molecule has 1 amide bonds. The number of hydrogen-bond donors (Lipinski definition) is 1. The lowest BCUT2D eigenvalue weighted by molar-refractivity contribution is -0.00453. The fourth-order valence-electron chi connectivity index (χ4n) is 7.02. The van der Waals surface area contributed by atoms with Gasteiger partial charge in [0.25, 0.3) is 5.91 Å². The van der Waals surface area contributed by atoms with Crippen molar-refractivity contribution in [3.63, 3.8) is 0 Å². The fraction of sp³-hybridized carbons (Fsp3) is 0.615. The summed E-state index contributed by atoms with van der Waals surface area (Å²) >= 11 is 0. The predicted molar refractivity (Wildman–Crippen MR) is 118 cm³/mol. The Morgan fingerprint density at radius 2 is 1.72 bits per heavy atom. The van der Waals surface area contributed by atoms with E-state index in [9.17, 15) is 4.79 Å². The number of unbranched alkanes of at least 4 members (excludes halogenated alkanes) is 3. The zero-order chi connectivity index (χ0) is 19.8. The molecule has 4 bridgehead atoms. The quantitative estimate of drug-likeness (QED) is 0.588. The van der Waals surface area contributed by atoms with E-state index in [-0.39, 0.29) is 11.3 Å². The number of aromatic nitrogens is 1. The minimum atomic E-state index is -0.00164. The number of carbonyl (C=O) groups excluding carboxylic acids is 1. The third-order valence-electron chi connectivity index (χ3n) is 7.87. The molecule has 1 N–H and O–H groups in total. The molecule has 3 heteroatoms. The molecule has 0 saturated heterocycles. The van der Waals surface area contributed by atoms with Crippen molar-refractivity contribution in [3.05, 3.63) is 41.6 Å². The lowest BCUT2D eigenvalue weighted by atomic mass is 9.48. The molecule has 4 aliphatic rings. The van der Waals surface area contributed by atoms with Gasteiger partial charge in [0.05, 0.1) is 5.52 Å². The number of pyridine rings is 1. The van der Waals surface area contributed by atoms with Crippen molar-refractivity contribution in [3.8, 4) is 0 Å². The first-order valence-corrected chi connectivity index (χ1v) is 11.9. The van der Waals surface area contributed by atoms with Gasteiger partial charge in [-0.1, -0.05) is 44.4 Å². The summed E-state index contributed by atoms with van der Waals surface area (Å²) < 4.78 is 0. The van der Waals surface area contributed by atoms with Gasteiger partial charge in [0.2, 0.25) is 0 Å². The molecule has 0 atom stereocenters. The van der Waals surface area contributed by atoms with Gasteiger partial charge >= 0.3 is 0 Å². The molecule has 1 heterocycles. The molecule has 0 radical (unpaired) electrons. The second-order valence-electron chi connectivity index (χ2n) is 10.1. The Morgan fingerprint density at radius 1 is 1.03 bits per heavy atom. The minimum absolute atomic E-state index is 0.00164. The highest BCUT2D eigenvalue weighted by Crippen LogP contribution is 2.61. The number of para-hydroxylation sites is 1. The van der Waals surface area contributed by atoms with Crippen LogP contribution in [0.25, 0.3) is 10.9 Å². The normalized spacial score (nSPS) is 30.0. The average molecular weight is 391 g/mol. The highest BCUT2D eigenvalue weighted by atomic mass is 16.1. The Balaban J connectivity index is 1.46. The molecule has 4 saturated carbocycles. The summed E-state index contributed by atoms with van der Waals surface area (Å²) in [4.78, 5) is 17.7. The number of fused-ring (bicyclic) bond motifs is 1. The second-order valence-corrected chi connectivity index (χ2v) is 10.1. The molecule has 1 aromatic carbocycles. The fourth-order valence-corrected chi connectivity index (χ4v) is 7.02. The molecule has 0 unspecified atom stereocenters. The summed E-state index contributed by atoms with van der Waals surface area (Å²) in [7, 11) is 0. The SMILES string of the molecule is CCCCCCNC(=O)c1cc(C23CC4CC(CC(C4)C2)C3)c2ccccc2n1. The number of rotatable bonds is 7. The van der Waals surface area contributed by atoms with Crippen LogP contribution in [-0.4, -0.2) is 17.4 Å². The maximum absolute atomic E-state index is 12.9. The van der Waals surface area contributed by atoms with E-state index in [1.165, 1.54) is 68.7 Å². The molecule has 4 aliphatic carbocycles. The van der Waals surface area contributed by atoms with Crippen molar-refractivity contribution in [2.75, 3.05) is 6.54 Å². The largest absolute Gasteiger partial charge is 0.351 e. The zero-order valence-corrected chi connectivity index (χ0v) is 17.8. The molecular weight excluding hydrogens is 356 g/mol. The first-order valence-electron chi connectivity index (χ1n) is 11.9. The van der Waals surface area contributed by atoms with Crippen molar-refractivity contribution in [1.82, 2.24) is 10.3 Å². The molecule has 1 aromatic heterocycles. The van der Waals surface area contributed by atoms with Crippen LogP contribution in [0.1, 0.15) is 87.2 Å². The van der Waals surface area contributed by atoms with Crippen LogP contribution in [-0.2, 0) is 5.41 Å². The highest BCUT2D eigenvalue weighted by molar-refractivity contribution is 5.96. The molecule has 154 valence electrons. The van der Waals surface area contributed by atoms with Crippen molar-refractivity contribution in [1.29, 1.82) is 0 Å². The van der Waals surface area contributed by atoms with Gasteiger partial charge in [-0.15, -0.1) is 0 Å². The first-order chi connectivity index (χ1) is 14.2. The summed E-state index contributed by atoms with van der Waals surface area (Å²) in [6.07, 6.45) is 12.9. The molecule has 6 rings (SSSR count). The smallest absolute Gasteiger partial charge is 0.269 e. The van der Waals surface area contributed by atoms with Gasteiger partial charge < -0.3 is 5.32 Å².